The lowest BCUT2D eigenvalue weighted by Crippen LogP contribution is -2.07. The molecule has 0 heterocycles. The lowest BCUT2D eigenvalue weighted by atomic mass is 9.96. The SMILES string of the molecule is COc1ccc(COC[C@@H](C)c2cccc(C(=O)c3ccccc3)c2)cc1. The number of benzene rings is 3. The van der Waals surface area contributed by atoms with Crippen LogP contribution in [-0.4, -0.2) is 19.5 Å². The zero-order chi connectivity index (χ0) is 19.1. The Labute approximate surface area is 160 Å². The molecule has 3 rings (SSSR count). The fourth-order valence-corrected chi connectivity index (χ4v) is 2.91. The van der Waals surface area contributed by atoms with E-state index < -0.39 is 0 Å². The minimum absolute atomic E-state index is 0.0452. The molecule has 138 valence electrons. The summed E-state index contributed by atoms with van der Waals surface area (Å²) in [5.74, 6) is 1.09. The van der Waals surface area contributed by atoms with Gasteiger partial charge in [0.1, 0.15) is 5.75 Å². The van der Waals surface area contributed by atoms with Crippen molar-refractivity contribution in [1.29, 1.82) is 0 Å². The normalized spacial score (nSPS) is 11.8. The Balaban J connectivity index is 1.59. The molecule has 0 saturated heterocycles. The van der Waals surface area contributed by atoms with Crippen molar-refractivity contribution in [2.75, 3.05) is 13.7 Å². The van der Waals surface area contributed by atoms with Crippen molar-refractivity contribution < 1.29 is 14.3 Å². The number of ether oxygens (including phenoxy) is 2. The number of ketones is 1. The highest BCUT2D eigenvalue weighted by Crippen LogP contribution is 2.20. The van der Waals surface area contributed by atoms with Gasteiger partial charge < -0.3 is 9.47 Å². The van der Waals surface area contributed by atoms with E-state index in [0.29, 0.717) is 24.3 Å². The Bertz CT molecular complexity index is 870. The summed E-state index contributed by atoms with van der Waals surface area (Å²) in [7, 11) is 1.66. The van der Waals surface area contributed by atoms with Gasteiger partial charge >= 0.3 is 0 Å². The van der Waals surface area contributed by atoms with Gasteiger partial charge in [0.15, 0.2) is 5.78 Å². The van der Waals surface area contributed by atoms with Crippen LogP contribution in [0.4, 0.5) is 0 Å². The van der Waals surface area contributed by atoms with Crippen molar-refractivity contribution in [1.82, 2.24) is 0 Å². The van der Waals surface area contributed by atoms with Gasteiger partial charge in [-0.15, -0.1) is 0 Å². The number of carbonyl (C=O) groups is 1. The molecular weight excluding hydrogens is 336 g/mol. The summed E-state index contributed by atoms with van der Waals surface area (Å²) in [4.78, 5) is 12.6. The Morgan fingerprint density at radius 3 is 2.30 bits per heavy atom. The standard InChI is InChI=1S/C24H24O3/c1-18(16-27-17-19-11-13-23(26-2)14-12-19)21-9-6-10-22(15-21)24(25)20-7-4-3-5-8-20/h3-15,18H,16-17H2,1-2H3/t18-/m1/s1. The second-order valence-electron chi connectivity index (χ2n) is 6.58. The number of methoxy groups -OCH3 is 1. The maximum Gasteiger partial charge on any atom is 0.193 e. The molecular formula is C24H24O3. The summed E-state index contributed by atoms with van der Waals surface area (Å²) < 4.78 is 11.0. The predicted molar refractivity (Wildman–Crippen MR) is 107 cm³/mol. The summed E-state index contributed by atoms with van der Waals surface area (Å²) in [6.07, 6.45) is 0. The molecule has 27 heavy (non-hydrogen) atoms. The molecule has 3 nitrogen and oxygen atoms in total. The molecule has 3 aromatic rings. The lowest BCUT2D eigenvalue weighted by Gasteiger charge is -2.14. The second kappa shape index (κ2) is 9.15. The summed E-state index contributed by atoms with van der Waals surface area (Å²) in [5.41, 5.74) is 3.63. The Morgan fingerprint density at radius 2 is 1.59 bits per heavy atom. The smallest absolute Gasteiger partial charge is 0.193 e. The molecule has 0 fully saturated rings. The van der Waals surface area contributed by atoms with Crippen molar-refractivity contribution in [3.63, 3.8) is 0 Å². The molecule has 0 N–H and O–H groups in total. The molecule has 0 radical (unpaired) electrons. The Kier molecular flexibility index (Phi) is 6.39. The van der Waals surface area contributed by atoms with E-state index in [9.17, 15) is 4.79 Å². The van der Waals surface area contributed by atoms with Crippen LogP contribution in [0.3, 0.4) is 0 Å². The molecule has 1 atom stereocenters. The predicted octanol–water partition coefficient (Wildman–Crippen LogP) is 5.25. The summed E-state index contributed by atoms with van der Waals surface area (Å²) in [5, 5.41) is 0. The molecule has 0 amide bonds. The third-order valence-electron chi connectivity index (χ3n) is 4.55. The maximum absolute atomic E-state index is 12.6. The van der Waals surface area contributed by atoms with Gasteiger partial charge in [0.25, 0.3) is 0 Å². The van der Waals surface area contributed by atoms with Gasteiger partial charge in [-0.25, -0.2) is 0 Å². The average Bonchev–Trinajstić information content (AvgIpc) is 2.74. The van der Waals surface area contributed by atoms with E-state index in [1.165, 1.54) is 0 Å². The number of carbonyl (C=O) groups excluding carboxylic acids is 1. The minimum atomic E-state index is 0.0452. The van der Waals surface area contributed by atoms with Gasteiger partial charge in [0, 0.05) is 17.0 Å². The summed E-state index contributed by atoms with van der Waals surface area (Å²) >= 11 is 0. The highest BCUT2D eigenvalue weighted by molar-refractivity contribution is 6.09. The van der Waals surface area contributed by atoms with Crippen molar-refractivity contribution in [3.8, 4) is 5.75 Å². The molecule has 0 aromatic heterocycles. The number of hydrogen-bond acceptors (Lipinski definition) is 3. The first kappa shape index (κ1) is 18.9. The summed E-state index contributed by atoms with van der Waals surface area (Å²) in [6.45, 7) is 3.26. The van der Waals surface area contributed by atoms with Crippen LogP contribution in [0.25, 0.3) is 0 Å². The van der Waals surface area contributed by atoms with E-state index in [1.54, 1.807) is 7.11 Å². The van der Waals surface area contributed by atoms with Crippen LogP contribution in [0, 0.1) is 0 Å². The Morgan fingerprint density at radius 1 is 0.889 bits per heavy atom. The van der Waals surface area contributed by atoms with E-state index in [0.717, 1.165) is 16.9 Å². The fraction of sp³-hybridized carbons (Fsp3) is 0.208. The first-order valence-corrected chi connectivity index (χ1v) is 9.08. The molecule has 0 aliphatic carbocycles. The van der Waals surface area contributed by atoms with Gasteiger partial charge in [0.2, 0.25) is 0 Å². The number of rotatable bonds is 8. The second-order valence-corrected chi connectivity index (χ2v) is 6.58. The van der Waals surface area contributed by atoms with Crippen LogP contribution in [0.2, 0.25) is 0 Å². The average molecular weight is 360 g/mol. The maximum atomic E-state index is 12.6. The Hall–Kier alpha value is -2.91. The number of hydrogen-bond donors (Lipinski definition) is 0. The van der Waals surface area contributed by atoms with Crippen LogP contribution >= 0.6 is 0 Å². The van der Waals surface area contributed by atoms with Crippen LogP contribution in [0.15, 0.2) is 78.9 Å². The molecule has 0 saturated carbocycles. The zero-order valence-electron chi connectivity index (χ0n) is 15.7. The first-order valence-electron chi connectivity index (χ1n) is 9.08. The van der Waals surface area contributed by atoms with Crippen molar-refractivity contribution in [3.05, 3.63) is 101 Å². The molecule has 0 aliphatic rings. The molecule has 0 aliphatic heterocycles. The highest BCUT2D eigenvalue weighted by atomic mass is 16.5. The highest BCUT2D eigenvalue weighted by Gasteiger charge is 2.12. The van der Waals surface area contributed by atoms with Crippen LogP contribution in [-0.2, 0) is 11.3 Å². The lowest BCUT2D eigenvalue weighted by molar-refractivity contribution is 0.103. The molecule has 0 unspecified atom stereocenters. The van der Waals surface area contributed by atoms with Crippen LogP contribution in [0.1, 0.15) is 39.9 Å². The van der Waals surface area contributed by atoms with Crippen molar-refractivity contribution in [2.45, 2.75) is 19.4 Å². The minimum Gasteiger partial charge on any atom is -0.497 e. The van der Waals surface area contributed by atoms with E-state index >= 15 is 0 Å². The first-order chi connectivity index (χ1) is 13.2. The zero-order valence-corrected chi connectivity index (χ0v) is 15.7. The van der Waals surface area contributed by atoms with Gasteiger partial charge in [0.05, 0.1) is 20.3 Å². The van der Waals surface area contributed by atoms with Gasteiger partial charge in [-0.2, -0.15) is 0 Å². The van der Waals surface area contributed by atoms with E-state index in [2.05, 4.69) is 6.92 Å². The third kappa shape index (κ3) is 5.05. The molecule has 3 heteroatoms. The van der Waals surface area contributed by atoms with Crippen molar-refractivity contribution in [2.24, 2.45) is 0 Å². The molecule has 0 spiro atoms. The monoisotopic (exact) mass is 360 g/mol. The van der Waals surface area contributed by atoms with Crippen LogP contribution < -0.4 is 4.74 Å². The fourth-order valence-electron chi connectivity index (χ4n) is 2.91. The van der Waals surface area contributed by atoms with Gasteiger partial charge in [-0.1, -0.05) is 67.6 Å². The molecule has 3 aromatic carbocycles. The summed E-state index contributed by atoms with van der Waals surface area (Å²) in [6, 6.07) is 25.0. The quantitative estimate of drug-likeness (QED) is 0.515. The van der Waals surface area contributed by atoms with Gasteiger partial charge in [-0.3, -0.25) is 4.79 Å². The van der Waals surface area contributed by atoms with E-state index in [4.69, 9.17) is 9.47 Å². The van der Waals surface area contributed by atoms with Gasteiger partial charge in [-0.05, 0) is 29.3 Å². The van der Waals surface area contributed by atoms with E-state index in [-0.39, 0.29) is 11.7 Å². The third-order valence-corrected chi connectivity index (χ3v) is 4.55. The van der Waals surface area contributed by atoms with Crippen molar-refractivity contribution >= 4 is 5.78 Å². The van der Waals surface area contributed by atoms with E-state index in [1.807, 2.05) is 78.9 Å². The topological polar surface area (TPSA) is 35.5 Å². The molecule has 0 bridgehead atoms. The van der Waals surface area contributed by atoms with Crippen LogP contribution in [0.5, 0.6) is 5.75 Å². The largest absolute Gasteiger partial charge is 0.497 e.